The standard InChI is InChI=1S/C19H19NO4S/c1-12-11-15-5-4-6-17(18(15)24-12)19(21)20-13(2)14-7-9-16(10-8-14)25(3,22)23/h4-11,13H,1-3H3,(H,20,21)/t13-/m0/s1. The van der Waals surface area contributed by atoms with E-state index < -0.39 is 9.84 Å². The molecule has 0 radical (unpaired) electrons. The van der Waals surface area contributed by atoms with Crippen molar-refractivity contribution in [3.05, 3.63) is 65.4 Å². The average molecular weight is 357 g/mol. The molecule has 1 atom stereocenters. The highest BCUT2D eigenvalue weighted by atomic mass is 32.2. The lowest BCUT2D eigenvalue weighted by atomic mass is 10.1. The maximum absolute atomic E-state index is 12.6. The number of nitrogens with one attached hydrogen (secondary N) is 1. The molecule has 0 saturated heterocycles. The number of carbonyl (C=O) groups is 1. The first-order valence-corrected chi connectivity index (χ1v) is 9.75. The van der Waals surface area contributed by atoms with Gasteiger partial charge in [-0.05, 0) is 43.7 Å². The van der Waals surface area contributed by atoms with Gasteiger partial charge in [0.05, 0.1) is 16.5 Å². The van der Waals surface area contributed by atoms with Gasteiger partial charge in [-0.25, -0.2) is 8.42 Å². The third-order valence-electron chi connectivity index (χ3n) is 4.07. The molecule has 1 heterocycles. The Hall–Kier alpha value is -2.60. The summed E-state index contributed by atoms with van der Waals surface area (Å²) in [5, 5.41) is 3.81. The van der Waals surface area contributed by atoms with Crippen LogP contribution in [0.5, 0.6) is 0 Å². The van der Waals surface area contributed by atoms with Gasteiger partial charge in [-0.2, -0.15) is 0 Å². The zero-order valence-electron chi connectivity index (χ0n) is 14.2. The van der Waals surface area contributed by atoms with E-state index in [-0.39, 0.29) is 16.8 Å². The minimum atomic E-state index is -3.23. The van der Waals surface area contributed by atoms with Gasteiger partial charge in [0.15, 0.2) is 9.84 Å². The number of rotatable bonds is 4. The first-order valence-electron chi connectivity index (χ1n) is 7.86. The summed E-state index contributed by atoms with van der Waals surface area (Å²) in [6, 6.07) is 13.6. The Morgan fingerprint density at radius 3 is 2.44 bits per heavy atom. The van der Waals surface area contributed by atoms with Crippen molar-refractivity contribution in [3.63, 3.8) is 0 Å². The highest BCUT2D eigenvalue weighted by Gasteiger charge is 2.17. The van der Waals surface area contributed by atoms with Crippen LogP contribution in [0.15, 0.2) is 57.8 Å². The normalized spacial score (nSPS) is 12.9. The van der Waals surface area contributed by atoms with Crippen LogP contribution in [0.3, 0.4) is 0 Å². The predicted molar refractivity (Wildman–Crippen MR) is 96.4 cm³/mol. The maximum atomic E-state index is 12.6. The van der Waals surface area contributed by atoms with Crippen molar-refractivity contribution < 1.29 is 17.6 Å². The summed E-state index contributed by atoms with van der Waals surface area (Å²) in [7, 11) is -3.23. The molecule has 25 heavy (non-hydrogen) atoms. The first-order chi connectivity index (χ1) is 11.8. The van der Waals surface area contributed by atoms with Crippen molar-refractivity contribution in [2.75, 3.05) is 6.26 Å². The molecule has 130 valence electrons. The molecule has 0 unspecified atom stereocenters. The SMILES string of the molecule is Cc1cc2cccc(C(=O)N[C@@H](C)c3ccc(S(C)(=O)=O)cc3)c2o1. The Morgan fingerprint density at radius 2 is 1.80 bits per heavy atom. The quantitative estimate of drug-likeness (QED) is 0.773. The van der Waals surface area contributed by atoms with Crippen LogP contribution < -0.4 is 5.32 Å². The number of furan rings is 1. The smallest absolute Gasteiger partial charge is 0.255 e. The zero-order valence-corrected chi connectivity index (χ0v) is 15.1. The largest absolute Gasteiger partial charge is 0.461 e. The first kappa shape index (κ1) is 17.2. The summed E-state index contributed by atoms with van der Waals surface area (Å²) >= 11 is 0. The molecule has 0 saturated carbocycles. The van der Waals surface area contributed by atoms with Gasteiger partial charge < -0.3 is 9.73 Å². The van der Waals surface area contributed by atoms with Gasteiger partial charge >= 0.3 is 0 Å². The van der Waals surface area contributed by atoms with E-state index in [1.165, 1.54) is 6.26 Å². The topological polar surface area (TPSA) is 76.4 Å². The van der Waals surface area contributed by atoms with E-state index in [0.717, 1.165) is 16.7 Å². The number of amides is 1. The molecule has 2 aromatic carbocycles. The Balaban J connectivity index is 1.82. The summed E-state index contributed by atoms with van der Waals surface area (Å²) in [6.07, 6.45) is 1.17. The van der Waals surface area contributed by atoms with E-state index >= 15 is 0 Å². The van der Waals surface area contributed by atoms with E-state index in [2.05, 4.69) is 5.32 Å². The van der Waals surface area contributed by atoms with Crippen molar-refractivity contribution in [1.82, 2.24) is 5.32 Å². The number of hydrogen-bond donors (Lipinski definition) is 1. The lowest BCUT2D eigenvalue weighted by Crippen LogP contribution is -2.26. The van der Waals surface area contributed by atoms with E-state index in [0.29, 0.717) is 11.1 Å². The number of para-hydroxylation sites is 1. The molecule has 0 aliphatic rings. The summed E-state index contributed by atoms with van der Waals surface area (Å²) in [4.78, 5) is 12.9. The van der Waals surface area contributed by atoms with Crippen LogP contribution >= 0.6 is 0 Å². The average Bonchev–Trinajstić information content (AvgIpc) is 2.94. The molecule has 3 rings (SSSR count). The number of fused-ring (bicyclic) bond motifs is 1. The van der Waals surface area contributed by atoms with Gasteiger partial charge in [-0.3, -0.25) is 4.79 Å². The van der Waals surface area contributed by atoms with Gasteiger partial charge in [0.2, 0.25) is 0 Å². The number of aryl methyl sites for hydroxylation is 1. The lowest BCUT2D eigenvalue weighted by molar-refractivity contribution is 0.0940. The molecule has 5 nitrogen and oxygen atoms in total. The monoisotopic (exact) mass is 357 g/mol. The molecule has 1 amide bonds. The van der Waals surface area contributed by atoms with Crippen molar-refractivity contribution in [3.8, 4) is 0 Å². The Kier molecular flexibility index (Phi) is 4.39. The van der Waals surface area contributed by atoms with Crippen LogP contribution in [0.1, 0.15) is 34.6 Å². The fourth-order valence-corrected chi connectivity index (χ4v) is 3.36. The van der Waals surface area contributed by atoms with Gasteiger partial charge in [-0.1, -0.05) is 24.3 Å². The van der Waals surface area contributed by atoms with Crippen LogP contribution in [0.2, 0.25) is 0 Å². The molecule has 0 aliphatic carbocycles. The van der Waals surface area contributed by atoms with E-state index in [4.69, 9.17) is 4.42 Å². The van der Waals surface area contributed by atoms with Gasteiger partial charge in [0, 0.05) is 11.6 Å². The minimum Gasteiger partial charge on any atom is -0.461 e. The molecule has 0 spiro atoms. The van der Waals surface area contributed by atoms with Crippen LogP contribution in [0.25, 0.3) is 11.0 Å². The van der Waals surface area contributed by atoms with E-state index in [9.17, 15) is 13.2 Å². The summed E-state index contributed by atoms with van der Waals surface area (Å²) in [5.74, 6) is 0.513. The third-order valence-corrected chi connectivity index (χ3v) is 5.20. The van der Waals surface area contributed by atoms with Crippen molar-refractivity contribution >= 4 is 26.7 Å². The molecule has 0 fully saturated rings. The number of carbonyl (C=O) groups excluding carboxylic acids is 1. The van der Waals surface area contributed by atoms with E-state index in [1.54, 1.807) is 30.3 Å². The summed E-state index contributed by atoms with van der Waals surface area (Å²) < 4.78 is 28.7. The van der Waals surface area contributed by atoms with E-state index in [1.807, 2.05) is 32.0 Å². The Labute approximate surface area is 146 Å². The molecular weight excluding hydrogens is 338 g/mol. The van der Waals surface area contributed by atoms with Crippen LogP contribution in [-0.4, -0.2) is 20.6 Å². The van der Waals surface area contributed by atoms with Crippen molar-refractivity contribution in [1.29, 1.82) is 0 Å². The van der Waals surface area contributed by atoms with Gasteiger partial charge in [0.25, 0.3) is 5.91 Å². The number of hydrogen-bond acceptors (Lipinski definition) is 4. The van der Waals surface area contributed by atoms with Crippen molar-refractivity contribution in [2.45, 2.75) is 24.8 Å². The summed E-state index contributed by atoms with van der Waals surface area (Å²) in [5.41, 5.74) is 1.87. The van der Waals surface area contributed by atoms with Crippen LogP contribution in [-0.2, 0) is 9.84 Å². The highest BCUT2D eigenvalue weighted by molar-refractivity contribution is 7.90. The molecule has 0 bridgehead atoms. The fourth-order valence-electron chi connectivity index (χ4n) is 2.73. The molecule has 1 N–H and O–H groups in total. The molecular formula is C19H19NO4S. The maximum Gasteiger partial charge on any atom is 0.255 e. The summed E-state index contributed by atoms with van der Waals surface area (Å²) in [6.45, 7) is 3.69. The molecule has 3 aromatic rings. The molecule has 0 aliphatic heterocycles. The minimum absolute atomic E-state index is 0.236. The second-order valence-electron chi connectivity index (χ2n) is 6.12. The lowest BCUT2D eigenvalue weighted by Gasteiger charge is -2.15. The molecule has 1 aromatic heterocycles. The third kappa shape index (κ3) is 3.58. The second-order valence-corrected chi connectivity index (χ2v) is 8.13. The zero-order chi connectivity index (χ0) is 18.2. The number of sulfone groups is 1. The Bertz CT molecular complexity index is 1030. The van der Waals surface area contributed by atoms with Crippen LogP contribution in [0, 0.1) is 6.92 Å². The Morgan fingerprint density at radius 1 is 1.12 bits per heavy atom. The predicted octanol–water partition coefficient (Wildman–Crippen LogP) is 3.64. The van der Waals surface area contributed by atoms with Gasteiger partial charge in [0.1, 0.15) is 11.3 Å². The van der Waals surface area contributed by atoms with Crippen LogP contribution in [0.4, 0.5) is 0 Å². The second kappa shape index (κ2) is 6.37. The molecule has 6 heteroatoms. The van der Waals surface area contributed by atoms with Crippen molar-refractivity contribution in [2.24, 2.45) is 0 Å². The fraction of sp³-hybridized carbons (Fsp3) is 0.211. The number of benzene rings is 2. The highest BCUT2D eigenvalue weighted by Crippen LogP contribution is 2.24. The van der Waals surface area contributed by atoms with Gasteiger partial charge in [-0.15, -0.1) is 0 Å².